The number of rotatable bonds is 4. The molecule has 1 aromatic rings. The first kappa shape index (κ1) is 13.6. The molecule has 0 amide bonds. The van der Waals surface area contributed by atoms with E-state index in [9.17, 15) is 9.90 Å². The van der Waals surface area contributed by atoms with Crippen molar-refractivity contribution in [3.63, 3.8) is 0 Å². The van der Waals surface area contributed by atoms with Gasteiger partial charge < -0.3 is 9.84 Å². The summed E-state index contributed by atoms with van der Waals surface area (Å²) in [7, 11) is 0. The second-order valence-electron chi connectivity index (χ2n) is 8.54. The largest absolute Gasteiger partial charge is 0.508 e. The molecule has 0 radical (unpaired) electrons. The summed E-state index contributed by atoms with van der Waals surface area (Å²) in [5.74, 6) is -0.0264. The van der Waals surface area contributed by atoms with Crippen molar-refractivity contribution < 1.29 is 20.1 Å². The molecule has 142 valence electrons. The fraction of sp³-hybridized carbons (Fsp3) is 0.696. The molecule has 2 saturated carbocycles. The highest BCUT2D eigenvalue weighted by Gasteiger charge is 2.56. The Bertz CT molecular complexity index is 855. The predicted octanol–water partition coefficient (Wildman–Crippen LogP) is 5.35. The van der Waals surface area contributed by atoms with E-state index < -0.39 is 17.9 Å². The lowest BCUT2D eigenvalue weighted by Gasteiger charge is -2.50. The third-order valence-corrected chi connectivity index (χ3v) is 7.09. The Morgan fingerprint density at radius 3 is 3.12 bits per heavy atom. The smallest absolute Gasteiger partial charge is 0.306 e. The van der Waals surface area contributed by atoms with Gasteiger partial charge in [0.2, 0.25) is 0 Å². The van der Waals surface area contributed by atoms with Gasteiger partial charge in [0, 0.05) is 14.6 Å². The van der Waals surface area contributed by atoms with Crippen molar-refractivity contribution in [2.75, 3.05) is 0 Å². The zero-order chi connectivity index (χ0) is 21.8. The molecule has 26 heavy (non-hydrogen) atoms. The van der Waals surface area contributed by atoms with E-state index in [0.29, 0.717) is 19.3 Å². The monoisotopic (exact) mass is 360 g/mol. The molecule has 0 bridgehead atoms. The van der Waals surface area contributed by atoms with Crippen molar-refractivity contribution >= 4 is 5.97 Å². The zero-order valence-corrected chi connectivity index (χ0v) is 15.8. The number of ether oxygens (including phenoxy) is 1. The molecule has 3 aliphatic rings. The number of unbranched alkanes of at least 4 members (excludes halogenated alkanes) is 1. The van der Waals surface area contributed by atoms with Gasteiger partial charge in [-0.15, -0.1) is 0 Å². The van der Waals surface area contributed by atoms with Crippen LogP contribution in [-0.2, 0) is 16.0 Å². The van der Waals surface area contributed by atoms with E-state index in [2.05, 4.69) is 6.92 Å². The Morgan fingerprint density at radius 2 is 2.31 bits per heavy atom. The number of benzene rings is 1. The first-order valence-corrected chi connectivity index (χ1v) is 10.1. The van der Waals surface area contributed by atoms with Gasteiger partial charge in [-0.3, -0.25) is 4.79 Å². The summed E-state index contributed by atoms with van der Waals surface area (Å²) in [6, 6.07) is 1.79. The summed E-state index contributed by atoms with van der Waals surface area (Å²) in [5.41, 5.74) is 1.44. The van der Waals surface area contributed by atoms with Crippen LogP contribution < -0.4 is 0 Å². The molecule has 3 heteroatoms. The highest BCUT2D eigenvalue weighted by Crippen LogP contribution is 2.61. The van der Waals surface area contributed by atoms with Gasteiger partial charge in [-0.05, 0) is 85.9 Å². The summed E-state index contributed by atoms with van der Waals surface area (Å²) in [4.78, 5) is 12.4. The van der Waals surface area contributed by atoms with Crippen molar-refractivity contribution in [1.82, 2.24) is 0 Å². The van der Waals surface area contributed by atoms with Crippen LogP contribution in [-0.4, -0.2) is 17.2 Å². The molecular formula is C23H32O3. The normalized spacial score (nSPS) is 39.5. The minimum atomic E-state index is -1.55. The lowest BCUT2D eigenvalue weighted by molar-refractivity contribution is -0.157. The summed E-state index contributed by atoms with van der Waals surface area (Å²) >= 11 is 0. The van der Waals surface area contributed by atoms with Gasteiger partial charge in [0.15, 0.2) is 0 Å². The molecule has 3 nitrogen and oxygen atoms in total. The minimum Gasteiger partial charge on any atom is -0.508 e. The Morgan fingerprint density at radius 1 is 1.46 bits per heavy atom. The molecule has 0 spiro atoms. The lowest BCUT2D eigenvalue weighted by atomic mass is 9.55. The number of carbonyl (C=O) groups is 1. The van der Waals surface area contributed by atoms with Crippen molar-refractivity contribution in [1.29, 1.82) is 0 Å². The van der Waals surface area contributed by atoms with Crippen LogP contribution in [0, 0.1) is 17.3 Å². The average molecular weight is 361 g/mol. The van der Waals surface area contributed by atoms with Crippen molar-refractivity contribution in [3.8, 4) is 5.75 Å². The summed E-state index contributed by atoms with van der Waals surface area (Å²) in [6.45, 7) is 4.11. The predicted molar refractivity (Wildman–Crippen MR) is 102 cm³/mol. The number of hydrogen-bond donors (Lipinski definition) is 1. The highest BCUT2D eigenvalue weighted by atomic mass is 16.5. The fourth-order valence-corrected chi connectivity index (χ4v) is 5.62. The average Bonchev–Trinajstić information content (AvgIpc) is 2.90. The maximum absolute atomic E-state index is 12.4. The van der Waals surface area contributed by atoms with Gasteiger partial charge >= 0.3 is 5.97 Å². The number of carbonyl (C=O) groups excluding carboxylic acids is 1. The Hall–Kier alpha value is -1.51. The van der Waals surface area contributed by atoms with Gasteiger partial charge in [0.25, 0.3) is 0 Å². The van der Waals surface area contributed by atoms with E-state index >= 15 is 0 Å². The summed E-state index contributed by atoms with van der Waals surface area (Å²) in [5, 5.41) is 10.0. The molecule has 1 aromatic carbocycles. The number of hydrogen-bond acceptors (Lipinski definition) is 3. The minimum absolute atomic E-state index is 0.00258. The molecule has 0 aliphatic heterocycles. The molecule has 3 aliphatic carbocycles. The van der Waals surface area contributed by atoms with Crippen LogP contribution in [0.1, 0.15) is 87.7 Å². The van der Waals surface area contributed by atoms with E-state index in [0.717, 1.165) is 43.2 Å². The van der Waals surface area contributed by atoms with E-state index in [4.69, 9.17) is 10.2 Å². The van der Waals surface area contributed by atoms with Crippen LogP contribution in [0.4, 0.5) is 0 Å². The maximum Gasteiger partial charge on any atom is 0.306 e. The van der Waals surface area contributed by atoms with Crippen LogP contribution in [0.3, 0.4) is 0 Å². The second-order valence-corrected chi connectivity index (χ2v) is 8.54. The first-order valence-electron chi connectivity index (χ1n) is 12.1. The number of aromatic hydroxyl groups is 1. The van der Waals surface area contributed by atoms with E-state index in [1.54, 1.807) is 6.07 Å². The van der Waals surface area contributed by atoms with Crippen LogP contribution in [0.5, 0.6) is 5.75 Å². The Labute approximate surface area is 162 Å². The molecule has 0 heterocycles. The van der Waals surface area contributed by atoms with Crippen molar-refractivity contribution in [2.45, 2.75) is 83.6 Å². The third kappa shape index (κ3) is 2.93. The van der Waals surface area contributed by atoms with Gasteiger partial charge in [-0.25, -0.2) is 0 Å². The molecular weight excluding hydrogens is 324 g/mol. The molecule has 4 rings (SSSR count). The topological polar surface area (TPSA) is 46.5 Å². The number of phenolic OH excluding ortho intramolecular Hbond substituents is 1. The van der Waals surface area contributed by atoms with E-state index in [-0.39, 0.29) is 41.6 Å². The zero-order valence-electron chi connectivity index (χ0n) is 19.8. The van der Waals surface area contributed by atoms with Crippen molar-refractivity contribution in [2.24, 2.45) is 17.3 Å². The Balaban J connectivity index is 1.64. The van der Waals surface area contributed by atoms with E-state index in [1.807, 2.05) is 6.92 Å². The maximum atomic E-state index is 12.4. The van der Waals surface area contributed by atoms with Gasteiger partial charge in [0.1, 0.15) is 11.9 Å². The second kappa shape index (κ2) is 6.90. The molecule has 2 fully saturated rings. The first-order chi connectivity index (χ1) is 14.1. The van der Waals surface area contributed by atoms with Crippen LogP contribution in [0.2, 0.25) is 0 Å². The van der Waals surface area contributed by atoms with Crippen molar-refractivity contribution in [3.05, 3.63) is 29.3 Å². The van der Waals surface area contributed by atoms with E-state index in [1.165, 1.54) is 0 Å². The molecule has 3 unspecified atom stereocenters. The molecule has 0 aromatic heterocycles. The SMILES string of the molecule is [2H]c1cc2c(c([2H])c1O)CCC1C2CC[C@@]2(C)C1CC([2H])([2H])[C@@H]2OC(=O)CCCC. The molecule has 0 saturated heterocycles. The number of esters is 1. The van der Waals surface area contributed by atoms with Gasteiger partial charge in [-0.2, -0.15) is 0 Å². The van der Waals surface area contributed by atoms with Gasteiger partial charge in [-0.1, -0.05) is 26.3 Å². The van der Waals surface area contributed by atoms with Crippen LogP contribution >= 0.6 is 0 Å². The molecule has 1 N–H and O–H groups in total. The highest BCUT2D eigenvalue weighted by molar-refractivity contribution is 5.69. The van der Waals surface area contributed by atoms with Crippen LogP contribution in [0.25, 0.3) is 0 Å². The standard InChI is InChI=1S/C23H32O3/c1-3-4-5-22(25)26-21-11-10-20-19-8-6-15-14-16(24)7-9-17(15)18(19)12-13-23(20,21)2/h7,9,14,18-21,24H,3-6,8,10-13H2,1-2H3/t18?,19?,20?,21-,23-/m0/s1/i7D,11D2,14D. The van der Waals surface area contributed by atoms with Gasteiger partial charge in [0.05, 0.1) is 2.74 Å². The quantitative estimate of drug-likeness (QED) is 0.736. The number of fused-ring (bicyclic) bond motifs is 5. The van der Waals surface area contributed by atoms with Crippen LogP contribution in [0.15, 0.2) is 18.2 Å². The number of phenols is 1. The lowest BCUT2D eigenvalue weighted by Crippen LogP contribution is -2.45. The summed E-state index contributed by atoms with van der Waals surface area (Å²) in [6.07, 6.45) is 3.20. The summed E-state index contributed by atoms with van der Waals surface area (Å²) < 4.78 is 39.4. The Kier molecular flexibility index (Phi) is 3.62. The molecule has 5 atom stereocenters. The fourth-order valence-electron chi connectivity index (χ4n) is 5.62. The third-order valence-electron chi connectivity index (χ3n) is 7.09.